The highest BCUT2D eigenvalue weighted by molar-refractivity contribution is 7.89. The molecule has 3 N–H and O–H groups in total. The monoisotopic (exact) mass is 311 g/mol. The Bertz CT molecular complexity index is 740. The van der Waals surface area contributed by atoms with Crippen molar-refractivity contribution >= 4 is 10.0 Å². The summed E-state index contributed by atoms with van der Waals surface area (Å²) in [5, 5.41) is 0. The fourth-order valence-electron chi connectivity index (χ4n) is 2.07. The first-order valence-corrected chi connectivity index (χ1v) is 7.95. The van der Waals surface area contributed by atoms with E-state index in [1.165, 1.54) is 24.4 Å². The first kappa shape index (κ1) is 15.7. The van der Waals surface area contributed by atoms with E-state index < -0.39 is 21.9 Å². The van der Waals surface area contributed by atoms with Gasteiger partial charge in [0.05, 0.1) is 4.90 Å². The molecule has 2 rings (SSSR count). The Morgan fingerprint density at radius 2 is 2.10 bits per heavy atom. The molecule has 1 aromatic heterocycles. The van der Waals surface area contributed by atoms with Gasteiger partial charge in [-0.1, -0.05) is 12.1 Å². The van der Waals surface area contributed by atoms with Crippen LogP contribution in [0.1, 0.15) is 24.2 Å². The van der Waals surface area contributed by atoms with Crippen LogP contribution in [0.5, 0.6) is 0 Å². The summed E-state index contributed by atoms with van der Waals surface area (Å²) in [6.07, 6.45) is 1.50. The van der Waals surface area contributed by atoms with Crippen LogP contribution in [0, 0.1) is 5.82 Å². The summed E-state index contributed by atoms with van der Waals surface area (Å²) in [6, 6.07) is 6.84. The van der Waals surface area contributed by atoms with Gasteiger partial charge >= 0.3 is 0 Å². The summed E-state index contributed by atoms with van der Waals surface area (Å²) < 4.78 is 42.0. The number of hydrogen-bond donors (Lipinski definition) is 2. The molecule has 1 aromatic carbocycles. The lowest BCUT2D eigenvalue weighted by molar-refractivity contribution is 0.564. The lowest BCUT2D eigenvalue weighted by Gasteiger charge is -2.14. The maximum atomic E-state index is 13.2. The van der Waals surface area contributed by atoms with Gasteiger partial charge in [-0.2, -0.15) is 0 Å². The normalized spacial score (nSPS) is 13.3. The first-order chi connectivity index (χ1) is 9.83. The standard InChI is InChI=1S/C14H18FN3O2S/c1-10(11-4-3-5-12(15)6-11)17-21(19,20)14-7-13(8-16)18(2)9-14/h3-7,9-10,17H,8,16H2,1-2H3. The molecule has 0 bridgehead atoms. The number of aromatic nitrogens is 1. The van der Waals surface area contributed by atoms with Crippen LogP contribution in [-0.2, 0) is 23.6 Å². The van der Waals surface area contributed by atoms with E-state index in [0.29, 0.717) is 11.3 Å². The highest BCUT2D eigenvalue weighted by Crippen LogP contribution is 2.19. The highest BCUT2D eigenvalue weighted by Gasteiger charge is 2.20. The van der Waals surface area contributed by atoms with E-state index in [1.54, 1.807) is 30.7 Å². The largest absolute Gasteiger partial charge is 0.352 e. The number of nitrogens with zero attached hydrogens (tertiary/aromatic N) is 1. The smallest absolute Gasteiger partial charge is 0.242 e. The Labute approximate surface area is 123 Å². The maximum Gasteiger partial charge on any atom is 0.242 e. The molecule has 1 heterocycles. The number of nitrogens with two attached hydrogens (primary N) is 1. The molecular weight excluding hydrogens is 293 g/mol. The lowest BCUT2D eigenvalue weighted by Crippen LogP contribution is -2.26. The predicted molar refractivity (Wildman–Crippen MR) is 78.4 cm³/mol. The number of rotatable bonds is 5. The molecule has 0 saturated carbocycles. The number of aryl methyl sites for hydroxylation is 1. The minimum absolute atomic E-state index is 0.147. The molecule has 7 heteroatoms. The SMILES string of the molecule is CC(NS(=O)(=O)c1cc(CN)n(C)c1)c1cccc(F)c1. The third-order valence-corrected chi connectivity index (χ3v) is 4.79. The molecule has 0 spiro atoms. The van der Waals surface area contributed by atoms with Gasteiger partial charge in [-0.25, -0.2) is 17.5 Å². The molecular formula is C14H18FN3O2S. The zero-order valence-electron chi connectivity index (χ0n) is 11.9. The Hall–Kier alpha value is -1.70. The molecule has 0 aliphatic carbocycles. The van der Waals surface area contributed by atoms with Crippen LogP contribution >= 0.6 is 0 Å². The molecule has 0 amide bonds. The summed E-state index contributed by atoms with van der Waals surface area (Å²) in [4.78, 5) is 0.147. The first-order valence-electron chi connectivity index (χ1n) is 6.46. The van der Waals surface area contributed by atoms with Crippen molar-refractivity contribution in [1.29, 1.82) is 0 Å². The predicted octanol–water partition coefficient (Wildman–Crippen LogP) is 1.66. The van der Waals surface area contributed by atoms with Crippen LogP contribution in [0.15, 0.2) is 41.4 Å². The topological polar surface area (TPSA) is 77.1 Å². The summed E-state index contributed by atoms with van der Waals surface area (Å²) in [5.41, 5.74) is 6.82. The van der Waals surface area contributed by atoms with Crippen LogP contribution < -0.4 is 10.5 Å². The average Bonchev–Trinajstić information content (AvgIpc) is 2.80. The molecule has 1 unspecified atom stereocenters. The van der Waals surface area contributed by atoms with Gasteiger partial charge in [0.25, 0.3) is 0 Å². The molecule has 0 fully saturated rings. The van der Waals surface area contributed by atoms with Crippen LogP contribution in [0.25, 0.3) is 0 Å². The van der Waals surface area contributed by atoms with Gasteiger partial charge in [0.1, 0.15) is 5.82 Å². The van der Waals surface area contributed by atoms with E-state index >= 15 is 0 Å². The number of nitrogens with one attached hydrogen (secondary N) is 1. The molecule has 5 nitrogen and oxygen atoms in total. The molecule has 21 heavy (non-hydrogen) atoms. The van der Waals surface area contributed by atoms with Crippen molar-refractivity contribution in [3.05, 3.63) is 53.6 Å². The van der Waals surface area contributed by atoms with Crippen LogP contribution in [0.2, 0.25) is 0 Å². The van der Waals surface area contributed by atoms with Crippen LogP contribution in [0.3, 0.4) is 0 Å². The van der Waals surface area contributed by atoms with E-state index in [-0.39, 0.29) is 11.4 Å². The second-order valence-corrected chi connectivity index (χ2v) is 6.59. The highest BCUT2D eigenvalue weighted by atomic mass is 32.2. The molecule has 0 radical (unpaired) electrons. The summed E-state index contributed by atoms with van der Waals surface area (Å²) in [7, 11) is -1.95. The maximum absolute atomic E-state index is 13.2. The van der Waals surface area contributed by atoms with Gasteiger partial charge in [0.15, 0.2) is 0 Å². The molecule has 0 aliphatic heterocycles. The molecule has 2 aromatic rings. The number of hydrogen-bond acceptors (Lipinski definition) is 3. The Kier molecular flexibility index (Phi) is 4.46. The van der Waals surface area contributed by atoms with Gasteiger partial charge in [0, 0.05) is 31.5 Å². The average molecular weight is 311 g/mol. The van der Waals surface area contributed by atoms with E-state index in [1.807, 2.05) is 0 Å². The van der Waals surface area contributed by atoms with Crippen molar-refractivity contribution < 1.29 is 12.8 Å². The zero-order chi connectivity index (χ0) is 15.6. The number of halogens is 1. The van der Waals surface area contributed by atoms with Gasteiger partial charge < -0.3 is 10.3 Å². The van der Waals surface area contributed by atoms with Gasteiger partial charge in [-0.05, 0) is 30.7 Å². The molecule has 0 saturated heterocycles. The molecule has 1 atom stereocenters. The van der Waals surface area contributed by atoms with E-state index in [4.69, 9.17) is 5.73 Å². The van der Waals surface area contributed by atoms with E-state index in [2.05, 4.69) is 4.72 Å². The van der Waals surface area contributed by atoms with Crippen LogP contribution in [-0.4, -0.2) is 13.0 Å². The molecule has 0 aliphatic rings. The van der Waals surface area contributed by atoms with Crippen molar-refractivity contribution in [2.45, 2.75) is 24.4 Å². The Morgan fingerprint density at radius 1 is 1.38 bits per heavy atom. The van der Waals surface area contributed by atoms with Crippen LogP contribution in [0.4, 0.5) is 4.39 Å². The second-order valence-electron chi connectivity index (χ2n) is 4.88. The van der Waals surface area contributed by atoms with Crippen molar-refractivity contribution in [1.82, 2.24) is 9.29 Å². The summed E-state index contributed by atoms with van der Waals surface area (Å²) in [5.74, 6) is -0.399. The van der Waals surface area contributed by atoms with Crippen molar-refractivity contribution in [2.24, 2.45) is 12.8 Å². The Balaban J connectivity index is 2.24. The minimum atomic E-state index is -3.68. The minimum Gasteiger partial charge on any atom is -0.352 e. The number of benzene rings is 1. The summed E-state index contributed by atoms with van der Waals surface area (Å²) in [6.45, 7) is 1.92. The van der Waals surface area contributed by atoms with E-state index in [0.717, 1.165) is 0 Å². The van der Waals surface area contributed by atoms with Gasteiger partial charge in [0.2, 0.25) is 10.0 Å². The number of sulfonamides is 1. The third-order valence-electron chi connectivity index (χ3n) is 3.28. The third kappa shape index (κ3) is 3.49. The fourth-order valence-corrected chi connectivity index (χ4v) is 3.40. The quantitative estimate of drug-likeness (QED) is 0.881. The second kappa shape index (κ2) is 5.97. The van der Waals surface area contributed by atoms with E-state index in [9.17, 15) is 12.8 Å². The Morgan fingerprint density at radius 3 is 2.67 bits per heavy atom. The van der Waals surface area contributed by atoms with Crippen molar-refractivity contribution in [3.63, 3.8) is 0 Å². The fraction of sp³-hybridized carbons (Fsp3) is 0.286. The molecule has 114 valence electrons. The lowest BCUT2D eigenvalue weighted by atomic mass is 10.1. The van der Waals surface area contributed by atoms with Gasteiger partial charge in [-0.15, -0.1) is 0 Å². The van der Waals surface area contributed by atoms with Gasteiger partial charge in [-0.3, -0.25) is 0 Å². The van der Waals surface area contributed by atoms with Crippen molar-refractivity contribution in [2.75, 3.05) is 0 Å². The zero-order valence-corrected chi connectivity index (χ0v) is 12.7. The van der Waals surface area contributed by atoms with Crippen molar-refractivity contribution in [3.8, 4) is 0 Å². The summed E-state index contributed by atoms with van der Waals surface area (Å²) >= 11 is 0.